The molecule has 0 bridgehead atoms. The monoisotopic (exact) mass is 319 g/mol. The maximum absolute atomic E-state index is 10.0. The zero-order valence-electron chi connectivity index (χ0n) is 13.1. The van der Waals surface area contributed by atoms with Crippen molar-refractivity contribution in [3.63, 3.8) is 0 Å². The fourth-order valence-corrected chi connectivity index (χ4v) is 1.24. The van der Waals surface area contributed by atoms with Crippen LogP contribution in [-0.4, -0.2) is 30.8 Å². The Hall–Kier alpha value is -0.374. The molecule has 21 heavy (non-hydrogen) atoms. The van der Waals surface area contributed by atoms with Gasteiger partial charge in [-0.2, -0.15) is 0 Å². The number of amides is 1. The number of aliphatic hydroxyl groups is 1. The first-order valence-corrected chi connectivity index (χ1v) is 6.40. The molecule has 0 spiro atoms. The largest absolute Gasteiger partial charge is 1.00 e. The molecule has 0 saturated heterocycles. The molecule has 0 unspecified atom stereocenters. The fourth-order valence-electron chi connectivity index (χ4n) is 1.24. The summed E-state index contributed by atoms with van der Waals surface area (Å²) in [4.78, 5) is 10.0. The second-order valence-corrected chi connectivity index (χ2v) is 3.95. The van der Waals surface area contributed by atoms with Crippen LogP contribution in [0.15, 0.2) is 36.6 Å². The number of rotatable bonds is 7. The normalized spacial score (nSPS) is 9.52. The summed E-state index contributed by atoms with van der Waals surface area (Å²) in [6, 6.07) is 6.88. The zero-order valence-corrected chi connectivity index (χ0v) is 16.3. The SMILES string of the molecule is CCOC(C)C.O=[C-]Nc1cccc(OC/C=C/O)c1.[K+]. The average Bonchev–Trinajstić information content (AvgIpc) is 2.40. The molecule has 0 aliphatic rings. The molecule has 0 heterocycles. The van der Waals surface area contributed by atoms with E-state index >= 15 is 0 Å². The van der Waals surface area contributed by atoms with Crippen molar-refractivity contribution in [1.82, 2.24) is 0 Å². The van der Waals surface area contributed by atoms with E-state index < -0.39 is 0 Å². The number of anilines is 1. The van der Waals surface area contributed by atoms with Gasteiger partial charge < -0.3 is 24.7 Å². The van der Waals surface area contributed by atoms with Crippen molar-refractivity contribution in [3.8, 4) is 5.75 Å². The topological polar surface area (TPSA) is 67.8 Å². The fraction of sp³-hybridized carbons (Fsp3) is 0.400. The van der Waals surface area contributed by atoms with E-state index in [1.807, 2.05) is 20.8 Å². The van der Waals surface area contributed by atoms with Crippen LogP contribution in [0.5, 0.6) is 5.75 Å². The molecule has 1 rings (SSSR count). The van der Waals surface area contributed by atoms with Crippen LogP contribution in [-0.2, 0) is 9.53 Å². The van der Waals surface area contributed by atoms with E-state index in [9.17, 15) is 4.79 Å². The molecular weight excluding hydrogens is 297 g/mol. The Bertz CT molecular complexity index is 397. The summed E-state index contributed by atoms with van der Waals surface area (Å²) in [6.45, 7) is 7.18. The Labute approximate surface area is 169 Å². The minimum Gasteiger partial charge on any atom is -0.516 e. The van der Waals surface area contributed by atoms with Gasteiger partial charge in [0, 0.05) is 6.61 Å². The van der Waals surface area contributed by atoms with E-state index in [2.05, 4.69) is 5.32 Å². The summed E-state index contributed by atoms with van der Waals surface area (Å²) in [5.74, 6) is 0.614. The second-order valence-electron chi connectivity index (χ2n) is 3.95. The van der Waals surface area contributed by atoms with Crippen molar-refractivity contribution in [2.75, 3.05) is 18.5 Å². The van der Waals surface area contributed by atoms with Gasteiger partial charge in [0.1, 0.15) is 12.4 Å². The Morgan fingerprint density at radius 2 is 2.14 bits per heavy atom. The number of ether oxygens (including phenoxy) is 2. The van der Waals surface area contributed by atoms with Gasteiger partial charge in [0.05, 0.1) is 18.8 Å². The summed E-state index contributed by atoms with van der Waals surface area (Å²) in [5, 5.41) is 10.7. The van der Waals surface area contributed by atoms with Gasteiger partial charge in [-0.05, 0) is 32.9 Å². The summed E-state index contributed by atoms with van der Waals surface area (Å²) >= 11 is 0. The summed E-state index contributed by atoms with van der Waals surface area (Å²) in [6.07, 6.45) is 4.35. The molecule has 1 amide bonds. The van der Waals surface area contributed by atoms with Crippen LogP contribution in [0.1, 0.15) is 20.8 Å². The zero-order chi connectivity index (χ0) is 15.2. The van der Waals surface area contributed by atoms with Gasteiger partial charge in [0.2, 0.25) is 0 Å². The summed E-state index contributed by atoms with van der Waals surface area (Å²) in [7, 11) is 0. The van der Waals surface area contributed by atoms with Crippen molar-refractivity contribution >= 4 is 12.1 Å². The van der Waals surface area contributed by atoms with E-state index in [1.165, 1.54) is 6.08 Å². The van der Waals surface area contributed by atoms with Crippen LogP contribution in [0.4, 0.5) is 5.69 Å². The molecule has 1 aromatic rings. The molecule has 0 radical (unpaired) electrons. The van der Waals surface area contributed by atoms with Crippen LogP contribution < -0.4 is 61.4 Å². The number of hydrogen-bond acceptors (Lipinski definition) is 4. The Balaban J connectivity index is 0. The molecule has 1 aromatic carbocycles. The Kier molecular flexibility index (Phi) is 17.5. The van der Waals surface area contributed by atoms with Gasteiger partial charge in [-0.1, -0.05) is 12.1 Å². The van der Waals surface area contributed by atoms with E-state index in [0.29, 0.717) is 17.5 Å². The minimum atomic E-state index is 0. The Morgan fingerprint density at radius 1 is 1.43 bits per heavy atom. The smallest absolute Gasteiger partial charge is 0.516 e. The summed E-state index contributed by atoms with van der Waals surface area (Å²) in [5.41, 5.74) is 0.616. The summed E-state index contributed by atoms with van der Waals surface area (Å²) < 4.78 is 10.3. The minimum absolute atomic E-state index is 0. The predicted octanol–water partition coefficient (Wildman–Crippen LogP) is 0.0515. The molecule has 2 N–H and O–H groups in total. The number of aliphatic hydroxyl groups excluding tert-OH is 1. The molecular formula is C15H22KNO4. The third-order valence-electron chi connectivity index (χ3n) is 1.98. The number of hydrogen-bond donors (Lipinski definition) is 2. The van der Waals surface area contributed by atoms with Gasteiger partial charge in [-0.25, -0.2) is 0 Å². The number of benzene rings is 1. The first-order valence-electron chi connectivity index (χ1n) is 6.40. The van der Waals surface area contributed by atoms with Gasteiger partial charge in [-0.3, -0.25) is 0 Å². The number of carbonyl (C=O) groups excluding carboxylic acids is 1. The van der Waals surface area contributed by atoms with Crippen LogP contribution in [0.25, 0.3) is 0 Å². The molecule has 0 fully saturated rings. The standard InChI is InChI=1S/C10H10NO3.C5H12O.K/c12-5-2-6-14-10-4-1-3-9(7-10)11-8-13;1-4-6-5(2)3;/h1-5,7,12H,6H2,(H,11,13);5H,4H2,1-3H3;/q-1;;+1/b5-2+;;. The Morgan fingerprint density at radius 3 is 2.62 bits per heavy atom. The van der Waals surface area contributed by atoms with Crippen LogP contribution >= 0.6 is 0 Å². The van der Waals surface area contributed by atoms with Crippen molar-refractivity contribution in [1.29, 1.82) is 0 Å². The molecule has 0 aliphatic heterocycles. The van der Waals surface area contributed by atoms with Crippen LogP contribution in [0, 0.1) is 0 Å². The van der Waals surface area contributed by atoms with E-state index in [0.717, 1.165) is 12.9 Å². The van der Waals surface area contributed by atoms with Gasteiger partial charge >= 0.3 is 51.4 Å². The third-order valence-corrected chi connectivity index (χ3v) is 1.98. The third kappa shape index (κ3) is 14.3. The van der Waals surface area contributed by atoms with Crippen molar-refractivity contribution in [2.24, 2.45) is 0 Å². The maximum Gasteiger partial charge on any atom is 1.00 e. The molecule has 5 nitrogen and oxygen atoms in total. The molecule has 0 saturated carbocycles. The predicted molar refractivity (Wildman–Crippen MR) is 79.8 cm³/mol. The molecule has 112 valence electrons. The van der Waals surface area contributed by atoms with E-state index in [-0.39, 0.29) is 58.0 Å². The maximum atomic E-state index is 10.0. The van der Waals surface area contributed by atoms with Crippen molar-refractivity contribution < 1.29 is 70.8 Å². The van der Waals surface area contributed by atoms with Crippen molar-refractivity contribution in [2.45, 2.75) is 26.9 Å². The van der Waals surface area contributed by atoms with Gasteiger partial charge in [0.25, 0.3) is 0 Å². The van der Waals surface area contributed by atoms with E-state index in [4.69, 9.17) is 14.6 Å². The average molecular weight is 319 g/mol. The van der Waals surface area contributed by atoms with Gasteiger partial charge in [0.15, 0.2) is 0 Å². The molecule has 0 aliphatic carbocycles. The quantitative estimate of drug-likeness (QED) is 0.323. The van der Waals surface area contributed by atoms with Gasteiger partial charge in [-0.15, -0.1) is 11.8 Å². The van der Waals surface area contributed by atoms with Crippen LogP contribution in [0.2, 0.25) is 0 Å². The van der Waals surface area contributed by atoms with Crippen molar-refractivity contribution in [3.05, 3.63) is 36.6 Å². The first kappa shape index (κ1) is 22.9. The van der Waals surface area contributed by atoms with E-state index in [1.54, 1.807) is 30.7 Å². The number of nitrogens with one attached hydrogen (secondary N) is 1. The second kappa shape index (κ2) is 16.0. The molecule has 0 aromatic heterocycles. The first-order chi connectivity index (χ1) is 9.63. The molecule has 0 atom stereocenters. The molecule has 6 heteroatoms. The van der Waals surface area contributed by atoms with Crippen LogP contribution in [0.3, 0.4) is 0 Å².